The molecule has 67 heavy (non-hydrogen) atoms. The van der Waals surface area contributed by atoms with E-state index in [9.17, 15) is 29.4 Å². The zero-order valence-corrected chi connectivity index (χ0v) is 39.7. The lowest BCUT2D eigenvalue weighted by Gasteiger charge is -2.62. The number of Topliss-reactive ketones (excluding diaryl/α,β-unsaturated/α-hetero) is 1. The minimum absolute atomic E-state index is 0.0109. The number of benzene rings is 4. The maximum Gasteiger partial charge on any atom is 0.310 e. The van der Waals surface area contributed by atoms with Crippen molar-refractivity contribution in [2.75, 3.05) is 19.0 Å². The van der Waals surface area contributed by atoms with Crippen LogP contribution in [-0.4, -0.2) is 86.9 Å². The normalized spacial score (nSPS) is 30.1. The minimum Gasteiger partial charge on any atom is -0.497 e. The number of alkyl halides is 1. The lowest BCUT2D eigenvalue weighted by Crippen LogP contribution is -2.70. The summed E-state index contributed by atoms with van der Waals surface area (Å²) in [4.78, 5) is 46.8. The molecule has 4 aliphatic carbocycles. The van der Waals surface area contributed by atoms with Crippen molar-refractivity contribution in [1.82, 2.24) is 0 Å². The smallest absolute Gasteiger partial charge is 0.310 e. The van der Waals surface area contributed by atoms with Gasteiger partial charge in [-0.1, -0.05) is 90.3 Å². The molecule has 4 aromatic rings. The summed E-state index contributed by atoms with van der Waals surface area (Å²) in [6, 6.07) is 23.8. The predicted molar refractivity (Wildman–Crippen MR) is 253 cm³/mol. The van der Waals surface area contributed by atoms with Crippen LogP contribution in [0, 0.1) is 22.7 Å². The van der Waals surface area contributed by atoms with Crippen LogP contribution in [0.4, 0.5) is 15.8 Å². The van der Waals surface area contributed by atoms with Gasteiger partial charge in [0.1, 0.15) is 12.4 Å². The van der Waals surface area contributed by atoms with Gasteiger partial charge in [-0.15, -0.1) is 0 Å². The third-order valence-electron chi connectivity index (χ3n) is 14.7. The first kappa shape index (κ1) is 49.7. The number of aliphatic carboxylic acids is 2. The number of carboxylic acid groups (broad SMARTS) is 2. The number of rotatable bonds is 9. The molecular weight excluding hydrogens is 904 g/mol. The molecule has 1 heterocycles. The van der Waals surface area contributed by atoms with Crippen LogP contribution in [0.15, 0.2) is 103 Å². The Kier molecular flexibility index (Phi) is 13.9. The van der Waals surface area contributed by atoms with Crippen LogP contribution >= 0.6 is 23.2 Å². The number of aliphatic hydroxyl groups is 2. The molecule has 1 aliphatic heterocycles. The number of aliphatic hydroxyl groups excluding tert-OH is 2. The Morgan fingerprint density at radius 1 is 0.940 bits per heavy atom. The lowest BCUT2D eigenvalue weighted by molar-refractivity contribution is -0.246. The summed E-state index contributed by atoms with van der Waals surface area (Å²) in [5, 5.41) is 45.2. The highest BCUT2D eigenvalue weighted by Crippen LogP contribution is 2.72. The number of ether oxygens (including phenoxy) is 3. The number of allylic oxidation sites excluding steroid dienone is 4. The highest BCUT2D eigenvalue weighted by Gasteiger charge is 2.80. The molecule has 0 bridgehead atoms. The van der Waals surface area contributed by atoms with Gasteiger partial charge in [-0.05, 0) is 124 Å². The number of nitrogens with one attached hydrogen (secondary N) is 1. The first-order valence-electron chi connectivity index (χ1n) is 22.2. The fourth-order valence-electron chi connectivity index (χ4n) is 11.4. The van der Waals surface area contributed by atoms with Gasteiger partial charge in [-0.2, -0.15) is 0 Å². The first-order valence-corrected chi connectivity index (χ1v) is 23.0. The number of halogens is 3. The molecule has 9 atom stereocenters. The number of carboxylic acids is 2. The Morgan fingerprint density at radius 3 is 2.27 bits per heavy atom. The number of ketones is 2. The van der Waals surface area contributed by atoms with Gasteiger partial charge in [0.05, 0.1) is 47.4 Å². The molecule has 3 saturated carbocycles. The average Bonchev–Trinajstić information content (AvgIpc) is 3.70. The molecule has 5 unspecified atom stereocenters. The van der Waals surface area contributed by atoms with Gasteiger partial charge in [0.2, 0.25) is 0 Å². The van der Waals surface area contributed by atoms with E-state index in [2.05, 4.69) is 5.32 Å². The molecule has 0 aromatic heterocycles. The van der Waals surface area contributed by atoms with Gasteiger partial charge >= 0.3 is 11.9 Å². The fourth-order valence-corrected chi connectivity index (χ4v) is 11.9. The average molecular weight is 961 g/mol. The van der Waals surface area contributed by atoms with E-state index in [1.165, 1.54) is 12.2 Å². The van der Waals surface area contributed by atoms with E-state index in [-0.39, 0.29) is 24.5 Å². The Morgan fingerprint density at radius 2 is 1.61 bits per heavy atom. The van der Waals surface area contributed by atoms with Crippen molar-refractivity contribution in [3.8, 4) is 5.75 Å². The Balaban J connectivity index is 0.000000160. The van der Waals surface area contributed by atoms with Gasteiger partial charge < -0.3 is 40.0 Å². The van der Waals surface area contributed by atoms with E-state index < -0.39 is 76.3 Å². The quantitative estimate of drug-likeness (QED) is 0.107. The van der Waals surface area contributed by atoms with Crippen molar-refractivity contribution in [3.05, 3.63) is 124 Å². The second kappa shape index (κ2) is 18.7. The van der Waals surface area contributed by atoms with Crippen molar-refractivity contribution in [2.45, 2.75) is 102 Å². The highest BCUT2D eigenvalue weighted by molar-refractivity contribution is 6.39. The number of anilines is 2. The number of fused-ring (bicyclic) bond motifs is 8. The Bertz CT molecular complexity index is 2650. The molecule has 5 N–H and O–H groups in total. The van der Waals surface area contributed by atoms with Gasteiger partial charge in [-0.25, -0.2) is 4.39 Å². The largest absolute Gasteiger partial charge is 0.497 e. The standard InChI is InChI=1S/C24H31FO6.C14H11Cl2NO2.C14H14O3/c1-20(2)30-19-10-16-15-6-5-13-9-14(27)7-8-21(13,3)23(15,25)17(28)11-22(16,4)24(19,31-20)18(29)12-26;15-10-5-3-6-11(16)14(10)17-12-7-2-1-4-9(12)8-13(18)19;1-9(14(15)16)10-3-4-12-8-13(17-2)6-5-11(12)7-10/h7-9,15-17,19,26,28H,5-6,10-12H2,1-4H3;1-7,17H,8H2,(H,18,19);3-9H,1-2H3,(H,15,16)/t15?,16?,17-,19?,21-,22-,23-,24?;;/m0../s1. The molecular formula is C52H56Cl2FNO11. The molecule has 1 saturated heterocycles. The summed E-state index contributed by atoms with van der Waals surface area (Å²) in [6.07, 6.45) is 3.93. The number of hydrogen-bond acceptors (Lipinski definition) is 10. The topological polar surface area (TPSA) is 189 Å². The van der Waals surface area contributed by atoms with Gasteiger partial charge in [0.15, 0.2) is 28.6 Å². The number of carbonyl (C=O) groups excluding carboxylic acids is 2. The maximum atomic E-state index is 17.1. The van der Waals surface area contributed by atoms with Crippen molar-refractivity contribution in [3.63, 3.8) is 0 Å². The van der Waals surface area contributed by atoms with Crippen molar-refractivity contribution in [1.29, 1.82) is 0 Å². The molecule has 15 heteroatoms. The molecule has 0 amide bonds. The summed E-state index contributed by atoms with van der Waals surface area (Å²) < 4.78 is 34.7. The van der Waals surface area contributed by atoms with Crippen LogP contribution in [-0.2, 0) is 35.1 Å². The van der Waals surface area contributed by atoms with Crippen LogP contribution in [0.2, 0.25) is 10.0 Å². The van der Waals surface area contributed by atoms with E-state index in [0.717, 1.165) is 27.7 Å². The van der Waals surface area contributed by atoms with Crippen LogP contribution in [0.3, 0.4) is 0 Å². The van der Waals surface area contributed by atoms with E-state index in [1.807, 2.05) is 49.4 Å². The SMILES string of the molecule is CC1(C)OC2CC3C4CCC5=CC(=O)C=C[C@]5(C)[C@@]4(F)[C@@H](O)C[C@]3(C)C2(C(=O)CO)O1.COc1ccc2cc(C(C)C(=O)O)ccc2c1.O=C(O)Cc1ccccc1Nc1c(Cl)cccc1Cl. The predicted octanol–water partition coefficient (Wildman–Crippen LogP) is 9.82. The third kappa shape index (κ3) is 8.79. The molecule has 12 nitrogen and oxygen atoms in total. The van der Waals surface area contributed by atoms with Crippen LogP contribution < -0.4 is 10.1 Å². The van der Waals surface area contributed by atoms with Crippen molar-refractivity contribution < 1.29 is 58.2 Å². The van der Waals surface area contributed by atoms with E-state index in [1.54, 1.807) is 77.3 Å². The highest BCUT2D eigenvalue weighted by atomic mass is 35.5. The monoisotopic (exact) mass is 959 g/mol. The summed E-state index contributed by atoms with van der Waals surface area (Å²) in [7, 11) is 1.63. The van der Waals surface area contributed by atoms with Crippen molar-refractivity contribution >= 4 is 68.9 Å². The molecule has 5 aliphatic rings. The maximum absolute atomic E-state index is 17.1. The second-order valence-electron chi connectivity index (χ2n) is 18.9. The lowest BCUT2D eigenvalue weighted by atomic mass is 9.44. The van der Waals surface area contributed by atoms with Crippen LogP contribution in [0.1, 0.15) is 77.3 Å². The summed E-state index contributed by atoms with van der Waals surface area (Å²) in [6.45, 7) is 8.10. The Labute approximate surface area is 398 Å². The Hall–Kier alpha value is -5.15. The van der Waals surface area contributed by atoms with Crippen LogP contribution in [0.25, 0.3) is 10.8 Å². The van der Waals surface area contributed by atoms with Gasteiger partial charge in [-0.3, -0.25) is 19.2 Å². The molecule has 4 aromatic carbocycles. The van der Waals surface area contributed by atoms with Crippen LogP contribution in [0.5, 0.6) is 5.75 Å². The summed E-state index contributed by atoms with van der Waals surface area (Å²) in [5.41, 5.74) is -1.92. The number of hydrogen-bond donors (Lipinski definition) is 5. The van der Waals surface area contributed by atoms with Gasteiger partial charge in [0.25, 0.3) is 0 Å². The molecule has 4 fully saturated rings. The number of methoxy groups -OCH3 is 1. The van der Waals surface area contributed by atoms with E-state index in [4.69, 9.17) is 47.6 Å². The third-order valence-corrected chi connectivity index (χ3v) is 15.3. The molecule has 356 valence electrons. The molecule has 9 rings (SSSR count). The zero-order valence-electron chi connectivity index (χ0n) is 38.1. The molecule has 0 spiro atoms. The summed E-state index contributed by atoms with van der Waals surface area (Å²) in [5.74, 6) is -3.84. The van der Waals surface area contributed by atoms with E-state index >= 15 is 4.39 Å². The van der Waals surface area contributed by atoms with E-state index in [0.29, 0.717) is 46.2 Å². The number of para-hydroxylation sites is 2. The van der Waals surface area contributed by atoms with Crippen molar-refractivity contribution in [2.24, 2.45) is 22.7 Å². The molecule has 0 radical (unpaired) electrons. The zero-order chi connectivity index (χ0) is 48.9. The fraction of sp³-hybridized carbons (Fsp3) is 0.423. The first-order chi connectivity index (χ1) is 31.5. The summed E-state index contributed by atoms with van der Waals surface area (Å²) >= 11 is 12.1. The number of carbonyl (C=O) groups is 4. The van der Waals surface area contributed by atoms with Gasteiger partial charge in [0, 0.05) is 22.4 Å². The minimum atomic E-state index is -1.98. The second-order valence-corrected chi connectivity index (χ2v) is 19.7.